The van der Waals surface area contributed by atoms with E-state index in [1.54, 1.807) is 12.1 Å². The van der Waals surface area contributed by atoms with E-state index in [0.29, 0.717) is 17.1 Å². The molecule has 0 radical (unpaired) electrons. The Morgan fingerprint density at radius 3 is 2.66 bits per heavy atom. The molecule has 0 bridgehead atoms. The molecule has 0 aliphatic carbocycles. The molecule has 32 heavy (non-hydrogen) atoms. The number of fused-ring (bicyclic) bond motifs is 1. The Balaban J connectivity index is 1.42. The van der Waals surface area contributed by atoms with E-state index in [2.05, 4.69) is 26.5 Å². The minimum absolute atomic E-state index is 0.103. The number of non-ortho nitro benzene ring substituents is 1. The van der Waals surface area contributed by atoms with E-state index in [4.69, 9.17) is 16.0 Å². The Morgan fingerprint density at radius 2 is 1.91 bits per heavy atom. The van der Waals surface area contributed by atoms with Crippen molar-refractivity contribution < 1.29 is 14.1 Å². The normalized spacial score (nSPS) is 11.2. The number of carbonyl (C=O) groups is 1. The number of nitrogens with zero attached hydrogens (tertiary/aromatic N) is 2. The van der Waals surface area contributed by atoms with E-state index >= 15 is 0 Å². The van der Waals surface area contributed by atoms with Crippen LogP contribution in [0.5, 0.6) is 0 Å². The van der Waals surface area contributed by atoms with Crippen LogP contribution in [-0.4, -0.2) is 17.0 Å². The van der Waals surface area contributed by atoms with E-state index in [1.165, 1.54) is 24.4 Å². The monoisotopic (exact) mass is 511 g/mol. The Morgan fingerprint density at radius 1 is 1.12 bits per heavy atom. The van der Waals surface area contributed by atoms with Crippen LogP contribution < -0.4 is 5.43 Å². The highest BCUT2D eigenvalue weighted by atomic mass is 79.9. The van der Waals surface area contributed by atoms with E-state index in [9.17, 15) is 14.9 Å². The summed E-state index contributed by atoms with van der Waals surface area (Å²) in [6, 6.07) is 19.1. The first-order valence-electron chi connectivity index (χ1n) is 9.44. The van der Waals surface area contributed by atoms with Crippen molar-refractivity contribution in [1.82, 2.24) is 5.43 Å². The quantitative estimate of drug-likeness (QED) is 0.191. The van der Waals surface area contributed by atoms with Gasteiger partial charge in [-0.1, -0.05) is 57.9 Å². The summed E-state index contributed by atoms with van der Waals surface area (Å²) in [5, 5.41) is 17.0. The molecule has 4 rings (SSSR count). The van der Waals surface area contributed by atoms with Crippen LogP contribution in [0.1, 0.15) is 11.3 Å². The third-order valence-corrected chi connectivity index (χ3v) is 5.75. The van der Waals surface area contributed by atoms with E-state index < -0.39 is 4.92 Å². The fraction of sp³-hybridized carbons (Fsp3) is 0.0435. The molecule has 1 amide bonds. The number of rotatable bonds is 6. The lowest BCUT2D eigenvalue weighted by molar-refractivity contribution is -0.384. The number of nitro groups is 1. The largest absolute Gasteiger partial charge is 0.455 e. The number of halogens is 2. The summed E-state index contributed by atoms with van der Waals surface area (Å²) < 4.78 is 6.63. The zero-order chi connectivity index (χ0) is 22.7. The van der Waals surface area contributed by atoms with Gasteiger partial charge in [-0.2, -0.15) is 5.10 Å². The molecule has 0 atom stereocenters. The van der Waals surface area contributed by atoms with Gasteiger partial charge in [0.15, 0.2) is 0 Å². The molecule has 1 aromatic heterocycles. The summed E-state index contributed by atoms with van der Waals surface area (Å²) in [6.45, 7) is 0. The first-order chi connectivity index (χ1) is 15.4. The fourth-order valence-electron chi connectivity index (χ4n) is 3.24. The van der Waals surface area contributed by atoms with Gasteiger partial charge >= 0.3 is 0 Å². The number of nitro benzene ring substituents is 1. The molecule has 9 heteroatoms. The maximum Gasteiger partial charge on any atom is 0.270 e. The number of hydrogen-bond donors (Lipinski definition) is 1. The molecule has 0 aliphatic heterocycles. The van der Waals surface area contributed by atoms with Crippen molar-refractivity contribution in [2.75, 3.05) is 0 Å². The summed E-state index contributed by atoms with van der Waals surface area (Å²) in [5.74, 6) is 0.557. The SMILES string of the molecule is O=C(Cc1ccc(Br)c2ccccc12)N/N=C\c1ccc(-c2ccc([N+](=O)[O-])cc2Cl)o1. The van der Waals surface area contributed by atoms with E-state index in [-0.39, 0.29) is 23.0 Å². The molecule has 0 aliphatic rings. The Kier molecular flexibility index (Phi) is 6.34. The van der Waals surface area contributed by atoms with Crippen LogP contribution in [0, 0.1) is 10.1 Å². The van der Waals surface area contributed by atoms with Gasteiger partial charge in [-0.15, -0.1) is 0 Å². The van der Waals surface area contributed by atoms with Crippen LogP contribution in [0.3, 0.4) is 0 Å². The third-order valence-electron chi connectivity index (χ3n) is 4.75. The van der Waals surface area contributed by atoms with Crippen molar-refractivity contribution in [1.29, 1.82) is 0 Å². The minimum Gasteiger partial charge on any atom is -0.455 e. The second kappa shape index (κ2) is 9.33. The zero-order valence-corrected chi connectivity index (χ0v) is 18.8. The molecule has 1 heterocycles. The van der Waals surface area contributed by atoms with Crippen LogP contribution in [0.25, 0.3) is 22.1 Å². The van der Waals surface area contributed by atoms with Crippen LogP contribution >= 0.6 is 27.5 Å². The number of hydrogen-bond acceptors (Lipinski definition) is 5. The van der Waals surface area contributed by atoms with Crippen LogP contribution in [-0.2, 0) is 11.2 Å². The van der Waals surface area contributed by atoms with Gasteiger partial charge in [0.2, 0.25) is 5.91 Å². The topological polar surface area (TPSA) is 97.7 Å². The molecule has 160 valence electrons. The Hall–Kier alpha value is -3.49. The molecule has 0 unspecified atom stereocenters. The first-order valence-corrected chi connectivity index (χ1v) is 10.6. The number of carbonyl (C=O) groups excluding carboxylic acids is 1. The third kappa shape index (κ3) is 4.71. The highest BCUT2D eigenvalue weighted by Gasteiger charge is 2.13. The summed E-state index contributed by atoms with van der Waals surface area (Å²) in [5.41, 5.74) is 3.80. The van der Waals surface area contributed by atoms with Crippen LogP contribution in [0.4, 0.5) is 5.69 Å². The molecule has 4 aromatic rings. The lowest BCUT2D eigenvalue weighted by Gasteiger charge is -2.07. The molecule has 0 fully saturated rings. The molecule has 7 nitrogen and oxygen atoms in total. The molecule has 0 saturated heterocycles. The van der Waals surface area contributed by atoms with Gasteiger partial charge in [0.25, 0.3) is 5.69 Å². The molecular formula is C23H15BrClN3O4. The van der Waals surface area contributed by atoms with Crippen molar-refractivity contribution in [2.45, 2.75) is 6.42 Å². The summed E-state index contributed by atoms with van der Waals surface area (Å²) >= 11 is 9.66. The highest BCUT2D eigenvalue weighted by Crippen LogP contribution is 2.32. The lowest BCUT2D eigenvalue weighted by Crippen LogP contribution is -2.19. The summed E-state index contributed by atoms with van der Waals surface area (Å²) in [4.78, 5) is 22.7. The minimum atomic E-state index is -0.518. The van der Waals surface area contributed by atoms with Gasteiger partial charge in [0, 0.05) is 22.2 Å². The molecule has 3 aromatic carbocycles. The number of amides is 1. The second-order valence-electron chi connectivity index (χ2n) is 6.85. The average Bonchev–Trinajstić information content (AvgIpc) is 3.24. The highest BCUT2D eigenvalue weighted by molar-refractivity contribution is 9.10. The van der Waals surface area contributed by atoms with Crippen molar-refractivity contribution in [3.63, 3.8) is 0 Å². The summed E-state index contributed by atoms with van der Waals surface area (Å²) in [6.07, 6.45) is 1.55. The molecular weight excluding hydrogens is 498 g/mol. The maximum atomic E-state index is 12.3. The van der Waals surface area contributed by atoms with Gasteiger partial charge in [-0.05, 0) is 40.6 Å². The fourth-order valence-corrected chi connectivity index (χ4v) is 3.99. The molecule has 0 saturated carbocycles. The molecule has 0 spiro atoms. The van der Waals surface area contributed by atoms with Gasteiger partial charge in [0.05, 0.1) is 22.6 Å². The number of benzene rings is 3. The van der Waals surface area contributed by atoms with Crippen LogP contribution in [0.15, 0.2) is 80.7 Å². The zero-order valence-electron chi connectivity index (χ0n) is 16.4. The van der Waals surface area contributed by atoms with Gasteiger partial charge in [-0.3, -0.25) is 14.9 Å². The molecule has 1 N–H and O–H groups in total. The summed E-state index contributed by atoms with van der Waals surface area (Å²) in [7, 11) is 0. The smallest absolute Gasteiger partial charge is 0.270 e. The van der Waals surface area contributed by atoms with Crippen molar-refractivity contribution in [3.8, 4) is 11.3 Å². The average molecular weight is 513 g/mol. The van der Waals surface area contributed by atoms with Crippen molar-refractivity contribution in [2.24, 2.45) is 5.10 Å². The van der Waals surface area contributed by atoms with Gasteiger partial charge in [-0.25, -0.2) is 5.43 Å². The van der Waals surface area contributed by atoms with Crippen molar-refractivity contribution in [3.05, 3.63) is 97.7 Å². The van der Waals surface area contributed by atoms with E-state index in [0.717, 1.165) is 20.8 Å². The Labute approximate surface area is 196 Å². The van der Waals surface area contributed by atoms with Crippen molar-refractivity contribution >= 4 is 56.1 Å². The van der Waals surface area contributed by atoms with Gasteiger partial charge < -0.3 is 4.42 Å². The maximum absolute atomic E-state index is 12.3. The number of hydrazone groups is 1. The predicted octanol–water partition coefficient (Wildman–Crippen LogP) is 6.12. The van der Waals surface area contributed by atoms with E-state index in [1.807, 2.05) is 36.4 Å². The second-order valence-corrected chi connectivity index (χ2v) is 8.11. The van der Waals surface area contributed by atoms with Crippen LogP contribution in [0.2, 0.25) is 5.02 Å². The standard InChI is InChI=1S/C23H15BrClN3O4/c24-20-9-5-14(17-3-1-2-4-18(17)20)11-23(29)27-26-13-16-7-10-22(32-16)19-8-6-15(28(30)31)12-21(19)25/h1-10,12-13H,11H2,(H,27,29)/b26-13-. The first kappa shape index (κ1) is 21.7. The predicted molar refractivity (Wildman–Crippen MR) is 127 cm³/mol. The Bertz CT molecular complexity index is 1370. The van der Waals surface area contributed by atoms with Gasteiger partial charge in [0.1, 0.15) is 11.5 Å². The number of nitrogens with one attached hydrogen (secondary N) is 1. The lowest BCUT2D eigenvalue weighted by atomic mass is 10.0. The number of furan rings is 1.